The van der Waals surface area contributed by atoms with E-state index in [0.717, 1.165) is 11.4 Å². The first-order valence-corrected chi connectivity index (χ1v) is 12.1. The van der Waals surface area contributed by atoms with Gasteiger partial charge >= 0.3 is 0 Å². The van der Waals surface area contributed by atoms with Crippen molar-refractivity contribution in [2.45, 2.75) is 46.7 Å². The number of ether oxygens (including phenoxy) is 1. The number of pyridine rings is 1. The smallest absolute Gasteiger partial charge is 0.229 e. The fraction of sp³-hybridized carbons (Fsp3) is 0.370. The van der Waals surface area contributed by atoms with E-state index in [0.29, 0.717) is 16.5 Å². The Morgan fingerprint density at radius 3 is 2.49 bits per heavy atom. The number of benzene rings is 1. The Bertz CT molecular complexity index is 1260. The van der Waals surface area contributed by atoms with E-state index in [-0.39, 0.29) is 18.0 Å². The zero-order valence-electron chi connectivity index (χ0n) is 21.3. The van der Waals surface area contributed by atoms with Crippen LogP contribution in [0.1, 0.15) is 55.5 Å². The summed E-state index contributed by atoms with van der Waals surface area (Å²) in [5, 5.41) is 7.10. The van der Waals surface area contributed by atoms with Crippen molar-refractivity contribution in [2.75, 3.05) is 17.3 Å². The summed E-state index contributed by atoms with van der Waals surface area (Å²) in [5.74, 6) is 0.495. The van der Waals surface area contributed by atoms with Crippen LogP contribution in [0.15, 0.2) is 48.7 Å². The van der Waals surface area contributed by atoms with Crippen LogP contribution in [0.25, 0.3) is 0 Å². The number of hydrogen-bond acceptors (Lipinski definition) is 4. The number of nitrogens with zero attached hydrogens (tertiary/aromatic N) is 3. The lowest BCUT2D eigenvalue weighted by molar-refractivity contribution is -0.123. The van der Waals surface area contributed by atoms with Crippen LogP contribution in [0.4, 0.5) is 11.4 Å². The fourth-order valence-electron chi connectivity index (χ4n) is 4.38. The molecule has 1 aromatic carbocycles. The molecule has 7 nitrogen and oxygen atoms in total. The van der Waals surface area contributed by atoms with Gasteiger partial charge in [-0.15, -0.1) is 0 Å². The summed E-state index contributed by atoms with van der Waals surface area (Å²) >= 11 is 5.86. The van der Waals surface area contributed by atoms with Gasteiger partial charge in [0.2, 0.25) is 5.91 Å². The molecule has 1 aliphatic rings. The normalized spacial score (nSPS) is 17.9. The molecular weight excluding hydrogens is 458 g/mol. The Balaban J connectivity index is 1.80. The van der Waals surface area contributed by atoms with Crippen LogP contribution >= 0.6 is 12.2 Å². The van der Waals surface area contributed by atoms with E-state index in [4.69, 9.17) is 17.0 Å². The number of aryl methyl sites for hydroxylation is 1. The molecule has 8 heteroatoms. The third-order valence-corrected chi connectivity index (χ3v) is 6.94. The molecule has 35 heavy (non-hydrogen) atoms. The molecule has 1 saturated heterocycles. The van der Waals surface area contributed by atoms with E-state index in [1.54, 1.807) is 13.3 Å². The SMILES string of the molecule is COc1cc(N2C(=S)N[C@@H](c3ccccn3)[C@H]2c2cc(C)n(C)c2C)ccc1NC(=O)C(C)(C)C. The highest BCUT2D eigenvalue weighted by Gasteiger charge is 2.42. The average Bonchev–Trinajstić information content (AvgIpc) is 3.30. The van der Waals surface area contributed by atoms with Gasteiger partial charge in [-0.3, -0.25) is 9.78 Å². The van der Waals surface area contributed by atoms with Crippen LogP contribution in [-0.4, -0.2) is 27.7 Å². The molecule has 0 radical (unpaired) electrons. The number of hydrogen-bond donors (Lipinski definition) is 2. The minimum atomic E-state index is -0.520. The number of aromatic nitrogens is 2. The molecule has 2 aromatic heterocycles. The van der Waals surface area contributed by atoms with Crippen LogP contribution in [-0.2, 0) is 11.8 Å². The highest BCUT2D eigenvalue weighted by molar-refractivity contribution is 7.80. The van der Waals surface area contributed by atoms with Gasteiger partial charge in [-0.2, -0.15) is 0 Å². The maximum atomic E-state index is 12.6. The first-order chi connectivity index (χ1) is 16.5. The van der Waals surface area contributed by atoms with Crippen molar-refractivity contribution in [1.82, 2.24) is 14.9 Å². The highest BCUT2D eigenvalue weighted by Crippen LogP contribution is 2.44. The van der Waals surface area contributed by atoms with Gasteiger partial charge < -0.3 is 24.8 Å². The summed E-state index contributed by atoms with van der Waals surface area (Å²) in [7, 11) is 3.68. The molecule has 3 aromatic rings. The van der Waals surface area contributed by atoms with E-state index in [1.807, 2.05) is 57.2 Å². The van der Waals surface area contributed by atoms with Gasteiger partial charge in [0.25, 0.3) is 0 Å². The minimum Gasteiger partial charge on any atom is -0.494 e. The highest BCUT2D eigenvalue weighted by atomic mass is 32.1. The van der Waals surface area contributed by atoms with Crippen LogP contribution in [0.5, 0.6) is 5.75 Å². The third kappa shape index (κ3) is 4.62. The second-order valence-electron chi connectivity index (χ2n) is 9.97. The standard InChI is InChI=1S/C27H33N5O2S/c1-16-14-19(17(2)31(16)6)24-23(21-10-8-9-13-28-21)30-26(35)32(24)18-11-12-20(22(15-18)34-7)29-25(33)27(3,4)5/h8-15,23-24H,1-7H3,(H,29,33)(H,30,35)/t23-,24+/m0/s1. The third-order valence-electron chi connectivity index (χ3n) is 6.62. The number of amides is 1. The van der Waals surface area contributed by atoms with Gasteiger partial charge in [-0.25, -0.2) is 0 Å². The van der Waals surface area contributed by atoms with E-state index >= 15 is 0 Å². The Morgan fingerprint density at radius 2 is 1.91 bits per heavy atom. The molecule has 0 spiro atoms. The molecule has 0 unspecified atom stereocenters. The molecule has 4 rings (SSSR count). The van der Waals surface area contributed by atoms with Crippen LogP contribution in [0, 0.1) is 19.3 Å². The number of carbonyl (C=O) groups is 1. The lowest BCUT2D eigenvalue weighted by Gasteiger charge is -2.29. The van der Waals surface area contributed by atoms with Gasteiger partial charge in [-0.05, 0) is 62.0 Å². The van der Waals surface area contributed by atoms with E-state index in [2.05, 4.69) is 52.0 Å². The van der Waals surface area contributed by atoms with Crippen LogP contribution in [0.2, 0.25) is 0 Å². The summed E-state index contributed by atoms with van der Waals surface area (Å²) in [6, 6.07) is 13.7. The monoisotopic (exact) mass is 491 g/mol. The van der Waals surface area contributed by atoms with E-state index in [9.17, 15) is 4.79 Å². The summed E-state index contributed by atoms with van der Waals surface area (Å²) < 4.78 is 7.86. The van der Waals surface area contributed by atoms with E-state index in [1.165, 1.54) is 17.0 Å². The molecular formula is C27H33N5O2S. The summed E-state index contributed by atoms with van der Waals surface area (Å²) in [6.07, 6.45) is 1.80. The predicted octanol–water partition coefficient (Wildman–Crippen LogP) is 5.21. The largest absolute Gasteiger partial charge is 0.494 e. The maximum Gasteiger partial charge on any atom is 0.229 e. The van der Waals surface area contributed by atoms with Gasteiger partial charge in [0.05, 0.1) is 30.6 Å². The van der Waals surface area contributed by atoms with Gasteiger partial charge in [-0.1, -0.05) is 26.8 Å². The van der Waals surface area contributed by atoms with Crippen molar-refractivity contribution in [3.8, 4) is 5.75 Å². The quantitative estimate of drug-likeness (QED) is 0.478. The topological polar surface area (TPSA) is 71.4 Å². The average molecular weight is 492 g/mol. The molecule has 3 heterocycles. The lowest BCUT2D eigenvalue weighted by atomic mass is 9.95. The Hall–Kier alpha value is -3.39. The Kier molecular flexibility index (Phi) is 6.60. The summed E-state index contributed by atoms with van der Waals surface area (Å²) in [5.41, 5.74) is 5.42. The fourth-order valence-corrected chi connectivity index (χ4v) is 4.72. The lowest BCUT2D eigenvalue weighted by Crippen LogP contribution is -2.30. The molecule has 184 valence electrons. The summed E-state index contributed by atoms with van der Waals surface area (Å²) in [6.45, 7) is 9.87. The molecule has 0 bridgehead atoms. The first kappa shape index (κ1) is 24.7. The van der Waals surface area contributed by atoms with Crippen molar-refractivity contribution < 1.29 is 9.53 Å². The molecule has 2 atom stereocenters. The Morgan fingerprint density at radius 1 is 1.17 bits per heavy atom. The molecule has 1 fully saturated rings. The number of nitrogens with one attached hydrogen (secondary N) is 2. The van der Waals surface area contributed by atoms with Crippen molar-refractivity contribution in [2.24, 2.45) is 12.5 Å². The van der Waals surface area contributed by atoms with Crippen LogP contribution < -0.4 is 20.3 Å². The predicted molar refractivity (Wildman–Crippen MR) is 144 cm³/mol. The number of carbonyl (C=O) groups excluding carboxylic acids is 1. The summed E-state index contributed by atoms with van der Waals surface area (Å²) in [4.78, 5) is 19.3. The van der Waals surface area contributed by atoms with Gasteiger partial charge in [0, 0.05) is 41.8 Å². The van der Waals surface area contributed by atoms with Gasteiger partial charge in [0.15, 0.2) is 5.11 Å². The zero-order chi connectivity index (χ0) is 25.5. The second kappa shape index (κ2) is 9.34. The number of anilines is 2. The molecule has 1 amide bonds. The van der Waals surface area contributed by atoms with E-state index < -0.39 is 5.41 Å². The molecule has 2 N–H and O–H groups in total. The molecule has 0 aliphatic carbocycles. The van der Waals surface area contributed by atoms with Crippen molar-refractivity contribution >= 4 is 34.6 Å². The zero-order valence-corrected chi connectivity index (χ0v) is 22.2. The maximum absolute atomic E-state index is 12.6. The van der Waals surface area contributed by atoms with Crippen LogP contribution in [0.3, 0.4) is 0 Å². The van der Waals surface area contributed by atoms with Crippen molar-refractivity contribution in [3.63, 3.8) is 0 Å². The molecule has 1 aliphatic heterocycles. The molecule has 0 saturated carbocycles. The van der Waals surface area contributed by atoms with Crippen molar-refractivity contribution in [1.29, 1.82) is 0 Å². The number of thiocarbonyl (C=S) groups is 1. The van der Waals surface area contributed by atoms with Gasteiger partial charge in [0.1, 0.15) is 5.75 Å². The number of rotatable bonds is 5. The first-order valence-electron chi connectivity index (χ1n) is 11.7. The Labute approximate surface area is 212 Å². The van der Waals surface area contributed by atoms with Crippen molar-refractivity contribution in [3.05, 3.63) is 71.3 Å². The minimum absolute atomic E-state index is 0.0783. The number of methoxy groups -OCH3 is 1. The second-order valence-corrected chi connectivity index (χ2v) is 10.4.